The van der Waals surface area contributed by atoms with Crippen molar-refractivity contribution in [1.29, 1.82) is 0 Å². The molecule has 0 N–H and O–H groups in total. The van der Waals surface area contributed by atoms with E-state index in [1.54, 1.807) is 33.0 Å². The monoisotopic (exact) mass is 380 g/mol. The number of rotatable bonds is 6. The van der Waals surface area contributed by atoms with Gasteiger partial charge in [-0.15, -0.1) is 0 Å². The quantitative estimate of drug-likeness (QED) is 0.484. The van der Waals surface area contributed by atoms with Gasteiger partial charge in [-0.05, 0) is 68.2 Å². The number of hydrogen-bond acceptors (Lipinski definition) is 0. The highest BCUT2D eigenvalue weighted by Gasteiger charge is 2.33. The van der Waals surface area contributed by atoms with E-state index in [0.717, 1.165) is 18.8 Å². The van der Waals surface area contributed by atoms with E-state index in [0.29, 0.717) is 5.92 Å². The van der Waals surface area contributed by atoms with Crippen LogP contribution in [0.5, 0.6) is 0 Å². The molecule has 2 atom stereocenters. The smallest absolute Gasteiger partial charge is 0.0690 e. The maximum atomic E-state index is 2.59. The molecule has 3 rings (SSSR count). The Balaban J connectivity index is 2.03. The molecular formula is C26H40Si. The molecule has 1 aromatic carbocycles. The summed E-state index contributed by atoms with van der Waals surface area (Å²) in [6.07, 6.45) is 9.67. The molecule has 0 radical (unpaired) electrons. The average molecular weight is 381 g/mol. The van der Waals surface area contributed by atoms with E-state index in [1.807, 2.05) is 5.20 Å². The van der Waals surface area contributed by atoms with Gasteiger partial charge in [-0.25, -0.2) is 0 Å². The van der Waals surface area contributed by atoms with Crippen LogP contribution in [0.3, 0.4) is 0 Å². The van der Waals surface area contributed by atoms with Crippen molar-refractivity contribution in [2.75, 3.05) is 0 Å². The second-order valence-corrected chi connectivity index (χ2v) is 12.1. The van der Waals surface area contributed by atoms with E-state index in [2.05, 4.69) is 59.7 Å². The first-order valence-electron chi connectivity index (χ1n) is 11.5. The molecular weight excluding hydrogens is 340 g/mol. The van der Waals surface area contributed by atoms with E-state index >= 15 is 0 Å². The van der Waals surface area contributed by atoms with Gasteiger partial charge in [0.1, 0.15) is 0 Å². The summed E-state index contributed by atoms with van der Waals surface area (Å²) in [4.78, 5) is 0. The van der Waals surface area contributed by atoms with Gasteiger partial charge in [0, 0.05) is 0 Å². The van der Waals surface area contributed by atoms with Gasteiger partial charge in [0.25, 0.3) is 0 Å². The Morgan fingerprint density at radius 2 is 1.44 bits per heavy atom. The summed E-state index contributed by atoms with van der Waals surface area (Å²) in [6, 6.07) is 9.13. The van der Waals surface area contributed by atoms with E-state index < -0.39 is 8.80 Å². The predicted molar refractivity (Wildman–Crippen MR) is 124 cm³/mol. The molecule has 0 heterocycles. The minimum Gasteiger partial charge on any atom is -0.0690 e. The van der Waals surface area contributed by atoms with Crippen molar-refractivity contribution in [3.05, 3.63) is 51.2 Å². The molecule has 0 aliphatic heterocycles. The molecule has 2 unspecified atom stereocenters. The molecule has 0 nitrogen and oxygen atoms in total. The summed E-state index contributed by atoms with van der Waals surface area (Å²) in [5.41, 5.74) is 7.96. The van der Waals surface area contributed by atoms with Crippen LogP contribution in [0, 0.1) is 11.8 Å². The van der Waals surface area contributed by atoms with Crippen molar-refractivity contribution in [2.45, 2.75) is 92.5 Å². The second kappa shape index (κ2) is 8.95. The van der Waals surface area contributed by atoms with Gasteiger partial charge in [-0.3, -0.25) is 0 Å². The lowest BCUT2D eigenvalue weighted by Gasteiger charge is -2.30. The highest BCUT2D eigenvalue weighted by atomic mass is 28.3. The number of aryl methyl sites for hydroxylation is 2. The minimum atomic E-state index is -1.16. The van der Waals surface area contributed by atoms with Crippen LogP contribution in [-0.2, 0) is 12.8 Å². The van der Waals surface area contributed by atoms with Gasteiger partial charge in [-0.2, -0.15) is 0 Å². The third-order valence-corrected chi connectivity index (χ3v) is 11.6. The van der Waals surface area contributed by atoms with Crippen LogP contribution in [-0.4, -0.2) is 8.80 Å². The second-order valence-electron chi connectivity index (χ2n) is 9.19. The molecule has 27 heavy (non-hydrogen) atoms. The fourth-order valence-corrected chi connectivity index (χ4v) is 10.0. The lowest BCUT2D eigenvalue weighted by Crippen LogP contribution is -2.38. The average Bonchev–Trinajstić information content (AvgIpc) is 2.89. The largest absolute Gasteiger partial charge is 0.0990 e. The van der Waals surface area contributed by atoms with E-state index in [9.17, 15) is 0 Å². The van der Waals surface area contributed by atoms with Crippen LogP contribution in [0.4, 0.5) is 0 Å². The van der Waals surface area contributed by atoms with Crippen LogP contribution < -0.4 is 5.19 Å². The first-order chi connectivity index (χ1) is 13.0. The molecule has 0 spiro atoms. The SMILES string of the molecule is CCc1cc(CC)cc([SiH](CC2CCCCC2)C2=C(C)C(C)=C(C)C2C)c1. The molecule has 148 valence electrons. The third kappa shape index (κ3) is 4.34. The Kier molecular flexibility index (Phi) is 6.84. The van der Waals surface area contributed by atoms with Crippen molar-refractivity contribution in [1.82, 2.24) is 0 Å². The van der Waals surface area contributed by atoms with Crippen molar-refractivity contribution in [2.24, 2.45) is 11.8 Å². The lowest BCUT2D eigenvalue weighted by atomic mass is 9.91. The summed E-state index contributed by atoms with van der Waals surface area (Å²) in [5.74, 6) is 1.64. The Morgan fingerprint density at radius 3 is 1.93 bits per heavy atom. The van der Waals surface area contributed by atoms with Gasteiger partial charge >= 0.3 is 0 Å². The van der Waals surface area contributed by atoms with E-state index in [-0.39, 0.29) is 0 Å². The summed E-state index contributed by atoms with van der Waals surface area (Å²) in [6.45, 7) is 14.3. The molecule has 1 saturated carbocycles. The lowest BCUT2D eigenvalue weighted by molar-refractivity contribution is 0.383. The Hall–Kier alpha value is -1.08. The van der Waals surface area contributed by atoms with Gasteiger partial charge in [0.05, 0.1) is 8.80 Å². The summed E-state index contributed by atoms with van der Waals surface area (Å²) in [5, 5.41) is 3.60. The zero-order valence-corrected chi connectivity index (χ0v) is 19.8. The van der Waals surface area contributed by atoms with Crippen molar-refractivity contribution >= 4 is 14.0 Å². The molecule has 0 saturated heterocycles. The fourth-order valence-electron chi connectivity index (χ4n) is 5.56. The van der Waals surface area contributed by atoms with E-state index in [4.69, 9.17) is 0 Å². The maximum Gasteiger partial charge on any atom is 0.0990 e. The number of allylic oxidation sites excluding steroid dienone is 4. The first kappa shape index (κ1) is 20.6. The number of benzene rings is 1. The minimum absolute atomic E-state index is 0.667. The number of hydrogen-bond donors (Lipinski definition) is 0. The fraction of sp³-hybridized carbons (Fsp3) is 0.615. The summed E-state index contributed by atoms with van der Waals surface area (Å²) < 4.78 is 0. The van der Waals surface area contributed by atoms with Crippen molar-refractivity contribution in [3.63, 3.8) is 0 Å². The van der Waals surface area contributed by atoms with Gasteiger partial charge in [0.2, 0.25) is 0 Å². The van der Waals surface area contributed by atoms with Crippen LogP contribution in [0.2, 0.25) is 6.04 Å². The van der Waals surface area contributed by atoms with Gasteiger partial charge in [0.15, 0.2) is 0 Å². The zero-order chi connectivity index (χ0) is 19.6. The molecule has 2 aliphatic rings. The standard InChI is InChI=1S/C26H40Si/c1-7-22-14-23(8-2)16-25(15-22)27(17-24-12-10-9-11-13-24)26-20(5)18(3)19(4)21(26)6/h14-16,20,24,27H,7-13,17H2,1-6H3. The normalized spacial score (nSPS) is 22.7. The molecule has 1 fully saturated rings. The first-order valence-corrected chi connectivity index (χ1v) is 13.4. The highest BCUT2D eigenvalue weighted by Crippen LogP contribution is 2.40. The molecule has 1 heteroatoms. The molecule has 0 amide bonds. The van der Waals surface area contributed by atoms with Crippen LogP contribution in [0.25, 0.3) is 0 Å². The topological polar surface area (TPSA) is 0 Å². The molecule has 0 bridgehead atoms. The van der Waals surface area contributed by atoms with Crippen LogP contribution >= 0.6 is 0 Å². The predicted octanol–water partition coefficient (Wildman–Crippen LogP) is 6.67. The zero-order valence-electron chi connectivity index (χ0n) is 18.6. The van der Waals surface area contributed by atoms with Crippen molar-refractivity contribution in [3.8, 4) is 0 Å². The van der Waals surface area contributed by atoms with Crippen molar-refractivity contribution < 1.29 is 0 Å². The molecule has 1 aromatic rings. The Bertz CT molecular complexity index is 708. The third-order valence-electron chi connectivity index (χ3n) is 7.67. The highest BCUT2D eigenvalue weighted by molar-refractivity contribution is 6.80. The summed E-state index contributed by atoms with van der Waals surface area (Å²) >= 11 is 0. The Labute approximate surface area is 169 Å². The van der Waals surface area contributed by atoms with Crippen LogP contribution in [0.15, 0.2) is 40.1 Å². The van der Waals surface area contributed by atoms with E-state index in [1.165, 1.54) is 38.1 Å². The van der Waals surface area contributed by atoms with Gasteiger partial charge in [-0.1, -0.05) is 92.6 Å². The maximum absolute atomic E-state index is 2.59. The van der Waals surface area contributed by atoms with Gasteiger partial charge < -0.3 is 0 Å². The van der Waals surface area contributed by atoms with Crippen LogP contribution in [0.1, 0.15) is 84.8 Å². The summed E-state index contributed by atoms with van der Waals surface area (Å²) in [7, 11) is -1.16. The Morgan fingerprint density at radius 1 is 0.852 bits per heavy atom. The molecule has 0 aromatic heterocycles. The molecule has 2 aliphatic carbocycles.